The average Bonchev–Trinajstić information content (AvgIpc) is 3.21. The van der Waals surface area contributed by atoms with Gasteiger partial charge in [-0.2, -0.15) is 4.80 Å². The average molecular weight is 420 g/mol. The Kier molecular flexibility index (Phi) is 6.42. The van der Waals surface area contributed by atoms with E-state index in [1.807, 2.05) is 44.2 Å². The highest BCUT2D eigenvalue weighted by Crippen LogP contribution is 2.19. The highest BCUT2D eigenvalue weighted by molar-refractivity contribution is 5.92. The van der Waals surface area contributed by atoms with E-state index < -0.39 is 0 Å². The van der Waals surface area contributed by atoms with E-state index in [2.05, 4.69) is 39.8 Å². The Morgan fingerprint density at radius 3 is 2.58 bits per heavy atom. The summed E-state index contributed by atoms with van der Waals surface area (Å²) in [5.41, 5.74) is 5.14. The van der Waals surface area contributed by atoms with Crippen LogP contribution >= 0.6 is 0 Å². The van der Waals surface area contributed by atoms with Gasteiger partial charge in [0.05, 0.1) is 12.6 Å². The summed E-state index contributed by atoms with van der Waals surface area (Å²) >= 11 is 0. The normalized spacial score (nSPS) is 18.7. The van der Waals surface area contributed by atoms with Gasteiger partial charge in [0.15, 0.2) is 0 Å². The molecule has 2 N–H and O–H groups in total. The Balaban J connectivity index is 1.37. The second-order valence-corrected chi connectivity index (χ2v) is 8.64. The molecule has 4 rings (SSSR count). The smallest absolute Gasteiger partial charge is 0.248 e. The predicted molar refractivity (Wildman–Crippen MR) is 121 cm³/mol. The van der Waals surface area contributed by atoms with Crippen LogP contribution in [0, 0.1) is 13.8 Å². The van der Waals surface area contributed by atoms with Gasteiger partial charge in [-0.15, -0.1) is 10.2 Å². The van der Waals surface area contributed by atoms with E-state index in [-0.39, 0.29) is 12.5 Å². The number of aromatic nitrogens is 4. The van der Waals surface area contributed by atoms with E-state index in [1.54, 1.807) is 4.90 Å². The van der Waals surface area contributed by atoms with Gasteiger partial charge in [-0.05, 0) is 56.4 Å². The van der Waals surface area contributed by atoms with E-state index in [4.69, 9.17) is 0 Å². The van der Waals surface area contributed by atoms with Crippen LogP contribution in [-0.2, 0) is 17.9 Å². The number of carbonyl (C=O) groups excluding carboxylic acids is 1. The second-order valence-electron chi connectivity index (χ2n) is 8.64. The molecule has 0 aliphatic carbocycles. The number of anilines is 1. The van der Waals surface area contributed by atoms with Gasteiger partial charge >= 0.3 is 0 Å². The number of aryl methyl sites for hydroxylation is 2. The molecule has 1 amide bonds. The van der Waals surface area contributed by atoms with Crippen LogP contribution < -0.4 is 10.2 Å². The van der Waals surface area contributed by atoms with Crippen LogP contribution in [0.4, 0.5) is 5.69 Å². The molecule has 2 heterocycles. The Hall–Kier alpha value is -3.06. The molecule has 0 spiro atoms. The van der Waals surface area contributed by atoms with Crippen LogP contribution in [0.5, 0.6) is 0 Å². The lowest BCUT2D eigenvalue weighted by atomic mass is 10.0. The number of nitrogens with one attached hydrogen (secondary N) is 2. The highest BCUT2D eigenvalue weighted by Gasteiger charge is 2.21. The molecule has 7 nitrogen and oxygen atoms in total. The first-order valence-corrected chi connectivity index (χ1v) is 11.1. The maximum atomic E-state index is 12.5. The molecule has 7 heteroatoms. The summed E-state index contributed by atoms with van der Waals surface area (Å²) in [4.78, 5) is 15.5. The Morgan fingerprint density at radius 2 is 1.87 bits per heavy atom. The molecule has 1 aliphatic rings. The van der Waals surface area contributed by atoms with Crippen molar-refractivity contribution < 1.29 is 9.69 Å². The van der Waals surface area contributed by atoms with Crippen LogP contribution in [0.15, 0.2) is 42.5 Å². The molecule has 1 aliphatic heterocycles. The van der Waals surface area contributed by atoms with Gasteiger partial charge < -0.3 is 10.2 Å². The summed E-state index contributed by atoms with van der Waals surface area (Å²) in [6.07, 6.45) is 3.99. The van der Waals surface area contributed by atoms with E-state index in [0.29, 0.717) is 5.82 Å². The zero-order valence-electron chi connectivity index (χ0n) is 18.6. The fraction of sp³-hybridized carbons (Fsp3) is 0.417. The third-order valence-corrected chi connectivity index (χ3v) is 6.21. The molecule has 1 unspecified atom stereocenters. The summed E-state index contributed by atoms with van der Waals surface area (Å²) in [7, 11) is 0. The molecule has 3 aromatic rings. The number of benzene rings is 2. The number of tetrazole rings is 1. The number of nitrogens with zero attached hydrogens (tertiary/aromatic N) is 4. The van der Waals surface area contributed by atoms with Gasteiger partial charge in [0, 0.05) is 16.8 Å². The molecule has 31 heavy (non-hydrogen) atoms. The van der Waals surface area contributed by atoms with Crippen LogP contribution in [-0.4, -0.2) is 38.7 Å². The van der Waals surface area contributed by atoms with Crippen LogP contribution in [0.1, 0.15) is 42.9 Å². The number of piperidine rings is 1. The van der Waals surface area contributed by atoms with Crippen molar-refractivity contribution in [1.82, 2.24) is 20.2 Å². The van der Waals surface area contributed by atoms with Gasteiger partial charge in [0.25, 0.3) is 0 Å². The Labute approximate surface area is 183 Å². The first-order chi connectivity index (χ1) is 15.0. The monoisotopic (exact) mass is 419 g/mol. The SMILES string of the molecule is Cc1cccc(C)c1NC(=O)Cn1nnc(-c2ccc(C[NH+]3CCCC[C@H]3C)cc2)n1. The van der Waals surface area contributed by atoms with Gasteiger partial charge in [0.1, 0.15) is 13.1 Å². The zero-order valence-corrected chi connectivity index (χ0v) is 18.6. The number of carbonyl (C=O) groups is 1. The topological polar surface area (TPSA) is 77.1 Å². The Morgan fingerprint density at radius 1 is 1.13 bits per heavy atom. The highest BCUT2D eigenvalue weighted by atomic mass is 16.2. The maximum absolute atomic E-state index is 12.5. The van der Waals surface area contributed by atoms with Crippen LogP contribution in [0.25, 0.3) is 11.4 Å². The van der Waals surface area contributed by atoms with Crippen LogP contribution in [0.2, 0.25) is 0 Å². The maximum Gasteiger partial charge on any atom is 0.248 e. The van der Waals surface area contributed by atoms with Gasteiger partial charge in [0.2, 0.25) is 11.7 Å². The van der Waals surface area contributed by atoms with Crippen molar-refractivity contribution in [1.29, 1.82) is 0 Å². The number of hydrogen-bond acceptors (Lipinski definition) is 4. The number of hydrogen-bond donors (Lipinski definition) is 2. The molecule has 1 fully saturated rings. The second kappa shape index (κ2) is 9.39. The predicted octanol–water partition coefficient (Wildman–Crippen LogP) is 2.55. The van der Waals surface area contributed by atoms with Crippen molar-refractivity contribution in [2.24, 2.45) is 0 Å². The first-order valence-electron chi connectivity index (χ1n) is 11.1. The number of quaternary nitrogens is 1. The molecule has 0 bridgehead atoms. The lowest BCUT2D eigenvalue weighted by Crippen LogP contribution is -3.14. The minimum atomic E-state index is -0.171. The van der Waals surface area contributed by atoms with Crippen molar-refractivity contribution in [3.63, 3.8) is 0 Å². The van der Waals surface area contributed by atoms with E-state index >= 15 is 0 Å². The van der Waals surface area contributed by atoms with E-state index in [1.165, 1.54) is 36.2 Å². The number of amides is 1. The molecule has 1 saturated heterocycles. The molecule has 0 saturated carbocycles. The summed E-state index contributed by atoms with van der Waals surface area (Å²) in [6.45, 7) is 8.64. The molecule has 1 aromatic heterocycles. The van der Waals surface area contributed by atoms with Gasteiger partial charge in [-0.25, -0.2) is 0 Å². The molecular weight excluding hydrogens is 388 g/mol. The molecular formula is C24H31N6O+. The summed E-state index contributed by atoms with van der Waals surface area (Å²) in [6, 6.07) is 15.0. The quantitative estimate of drug-likeness (QED) is 0.644. The molecule has 2 aromatic carbocycles. The molecule has 2 atom stereocenters. The summed E-state index contributed by atoms with van der Waals surface area (Å²) in [5.74, 6) is 0.362. The fourth-order valence-electron chi connectivity index (χ4n) is 4.29. The number of likely N-dealkylation sites (tertiary alicyclic amines) is 1. The lowest BCUT2D eigenvalue weighted by molar-refractivity contribution is -0.941. The fourth-order valence-corrected chi connectivity index (χ4v) is 4.29. The first kappa shape index (κ1) is 21.2. The molecule has 162 valence electrons. The van der Waals surface area contributed by atoms with Crippen molar-refractivity contribution >= 4 is 11.6 Å². The van der Waals surface area contributed by atoms with Gasteiger partial charge in [-0.1, -0.05) is 42.5 Å². The van der Waals surface area contributed by atoms with Crippen molar-refractivity contribution in [2.45, 2.75) is 59.2 Å². The standard InChI is InChI=1S/C24H30N6O/c1-17-7-6-8-18(2)23(17)25-22(31)16-30-27-24(26-28-30)21-12-10-20(11-13-21)15-29-14-5-4-9-19(29)3/h6-8,10-13,19H,4-5,9,14-16H2,1-3H3,(H,25,31)/p+1/t19-/m1/s1. The number of rotatable bonds is 6. The molecule has 0 radical (unpaired) electrons. The summed E-state index contributed by atoms with van der Waals surface area (Å²) < 4.78 is 0. The Bertz CT molecular complexity index is 1020. The minimum absolute atomic E-state index is 0.0229. The van der Waals surface area contributed by atoms with Crippen molar-refractivity contribution in [2.75, 3.05) is 11.9 Å². The van der Waals surface area contributed by atoms with Gasteiger partial charge in [-0.3, -0.25) is 4.79 Å². The van der Waals surface area contributed by atoms with E-state index in [9.17, 15) is 4.79 Å². The van der Waals surface area contributed by atoms with Crippen LogP contribution in [0.3, 0.4) is 0 Å². The van der Waals surface area contributed by atoms with Crippen molar-refractivity contribution in [3.05, 3.63) is 59.2 Å². The third kappa shape index (κ3) is 5.17. The largest absolute Gasteiger partial charge is 0.329 e. The van der Waals surface area contributed by atoms with E-state index in [0.717, 1.165) is 35.0 Å². The lowest BCUT2D eigenvalue weighted by Gasteiger charge is -2.30. The zero-order chi connectivity index (χ0) is 21.8. The number of para-hydroxylation sites is 1. The minimum Gasteiger partial charge on any atom is -0.329 e. The third-order valence-electron chi connectivity index (χ3n) is 6.21. The van der Waals surface area contributed by atoms with Crippen molar-refractivity contribution in [3.8, 4) is 11.4 Å². The summed E-state index contributed by atoms with van der Waals surface area (Å²) in [5, 5.41) is 15.5.